The van der Waals surface area contributed by atoms with Gasteiger partial charge in [-0.3, -0.25) is 9.59 Å². The van der Waals surface area contributed by atoms with Gasteiger partial charge in [-0.2, -0.15) is 0 Å². The number of ketones is 1. The first kappa shape index (κ1) is 14.7. The Hall–Kier alpha value is -2.70. The number of carbonyl (C=O) groups is 2. The van der Waals surface area contributed by atoms with Crippen LogP contribution in [0.25, 0.3) is 0 Å². The summed E-state index contributed by atoms with van der Waals surface area (Å²) in [6, 6.07) is 5.08. The number of nitrogens with zero attached hydrogens (tertiary/aromatic N) is 1. The number of Topliss-reactive ketones (excluding diaryl/α,β-unsaturated/α-hetero) is 1. The summed E-state index contributed by atoms with van der Waals surface area (Å²) >= 11 is 0. The van der Waals surface area contributed by atoms with E-state index in [9.17, 15) is 14.0 Å². The van der Waals surface area contributed by atoms with Gasteiger partial charge in [-0.25, -0.2) is 4.39 Å². The van der Waals surface area contributed by atoms with Gasteiger partial charge in [0.2, 0.25) is 0 Å². The predicted molar refractivity (Wildman–Crippen MR) is 71.8 cm³/mol. The van der Waals surface area contributed by atoms with Crippen molar-refractivity contribution in [3.05, 3.63) is 41.4 Å². The van der Waals surface area contributed by atoms with Gasteiger partial charge >= 0.3 is 0 Å². The summed E-state index contributed by atoms with van der Waals surface area (Å²) in [6.07, 6.45) is 0. The van der Waals surface area contributed by atoms with E-state index >= 15 is 0 Å². The molecule has 1 heterocycles. The Morgan fingerprint density at radius 1 is 1.38 bits per heavy atom. The number of hydrogen-bond donors (Lipinski definition) is 1. The number of anilines is 1. The van der Waals surface area contributed by atoms with Crippen LogP contribution >= 0.6 is 0 Å². The molecule has 1 amide bonds. The summed E-state index contributed by atoms with van der Waals surface area (Å²) < 4.78 is 23.1. The van der Waals surface area contributed by atoms with Crippen LogP contribution in [0.1, 0.15) is 23.0 Å². The van der Waals surface area contributed by atoms with E-state index in [1.54, 1.807) is 13.0 Å². The number of aryl methyl sites for hydroxylation is 1. The summed E-state index contributed by atoms with van der Waals surface area (Å²) in [5, 5.41) is 6.07. The van der Waals surface area contributed by atoms with Crippen molar-refractivity contribution in [3.63, 3.8) is 0 Å². The van der Waals surface area contributed by atoms with Crippen LogP contribution in [-0.2, 0) is 4.79 Å². The molecule has 0 aliphatic rings. The molecule has 1 N–H and O–H groups in total. The minimum absolute atomic E-state index is 0.0834. The van der Waals surface area contributed by atoms with Gasteiger partial charge in [-0.05, 0) is 32.0 Å². The summed E-state index contributed by atoms with van der Waals surface area (Å²) in [5.74, 6) is -0.389. The summed E-state index contributed by atoms with van der Waals surface area (Å²) in [4.78, 5) is 23.1. The molecule has 6 nitrogen and oxygen atoms in total. The molecule has 0 radical (unpaired) electrons. The molecule has 0 aliphatic heterocycles. The second-order valence-corrected chi connectivity index (χ2v) is 4.36. The minimum atomic E-state index is -0.546. The summed E-state index contributed by atoms with van der Waals surface area (Å²) in [7, 11) is 0. The SMILES string of the molecule is CC(=O)c1cc(F)ccc1OCC(=O)Nc1cc(C)on1. The highest BCUT2D eigenvalue weighted by Crippen LogP contribution is 2.20. The Kier molecular flexibility index (Phi) is 4.32. The zero-order valence-electron chi connectivity index (χ0n) is 11.5. The highest BCUT2D eigenvalue weighted by Gasteiger charge is 2.12. The molecule has 0 fully saturated rings. The number of benzene rings is 1. The number of amides is 1. The fourth-order valence-corrected chi connectivity index (χ4v) is 1.65. The molecule has 7 heteroatoms. The van der Waals surface area contributed by atoms with Gasteiger partial charge in [-0.1, -0.05) is 5.16 Å². The third-order valence-electron chi connectivity index (χ3n) is 2.58. The third-order valence-corrected chi connectivity index (χ3v) is 2.58. The number of nitrogens with one attached hydrogen (secondary N) is 1. The fraction of sp³-hybridized carbons (Fsp3) is 0.214. The number of hydrogen-bond acceptors (Lipinski definition) is 5. The van der Waals surface area contributed by atoms with Crippen molar-refractivity contribution >= 4 is 17.5 Å². The fourth-order valence-electron chi connectivity index (χ4n) is 1.65. The number of carbonyl (C=O) groups excluding carboxylic acids is 2. The molecule has 0 aliphatic carbocycles. The van der Waals surface area contributed by atoms with Crippen molar-refractivity contribution in [2.45, 2.75) is 13.8 Å². The second kappa shape index (κ2) is 6.17. The Labute approximate surface area is 119 Å². The van der Waals surface area contributed by atoms with Gasteiger partial charge in [0.15, 0.2) is 18.2 Å². The van der Waals surface area contributed by atoms with Crippen LogP contribution in [0.2, 0.25) is 0 Å². The molecular weight excluding hydrogens is 279 g/mol. The quantitative estimate of drug-likeness (QED) is 0.855. The Bertz CT molecular complexity index is 681. The smallest absolute Gasteiger partial charge is 0.263 e. The third kappa shape index (κ3) is 3.88. The van der Waals surface area contributed by atoms with Gasteiger partial charge in [0.25, 0.3) is 5.91 Å². The molecule has 0 saturated carbocycles. The molecule has 0 atom stereocenters. The lowest BCUT2D eigenvalue weighted by molar-refractivity contribution is -0.118. The lowest BCUT2D eigenvalue weighted by atomic mass is 10.1. The van der Waals surface area contributed by atoms with Gasteiger partial charge < -0.3 is 14.6 Å². The molecule has 2 rings (SSSR count). The maximum absolute atomic E-state index is 13.1. The number of aromatic nitrogens is 1. The van der Waals surface area contributed by atoms with Crippen LogP contribution in [0.3, 0.4) is 0 Å². The van der Waals surface area contributed by atoms with E-state index < -0.39 is 11.7 Å². The van der Waals surface area contributed by atoms with Crippen LogP contribution in [0, 0.1) is 12.7 Å². The average molecular weight is 292 g/mol. The highest BCUT2D eigenvalue weighted by molar-refractivity contribution is 5.97. The van der Waals surface area contributed by atoms with Crippen LogP contribution < -0.4 is 10.1 Å². The van der Waals surface area contributed by atoms with Gasteiger partial charge in [0, 0.05) is 6.07 Å². The Balaban J connectivity index is 1.99. The molecule has 110 valence electrons. The van der Waals surface area contributed by atoms with Gasteiger partial charge in [-0.15, -0.1) is 0 Å². The van der Waals surface area contributed by atoms with Crippen LogP contribution in [0.15, 0.2) is 28.8 Å². The molecule has 1 aromatic carbocycles. The number of rotatable bonds is 5. The Morgan fingerprint density at radius 2 is 2.14 bits per heavy atom. The number of ether oxygens (including phenoxy) is 1. The first-order valence-electron chi connectivity index (χ1n) is 6.12. The van der Waals surface area contributed by atoms with E-state index in [1.165, 1.54) is 13.0 Å². The Morgan fingerprint density at radius 3 is 2.76 bits per heavy atom. The van der Waals surface area contributed by atoms with Crippen molar-refractivity contribution in [1.82, 2.24) is 5.16 Å². The van der Waals surface area contributed by atoms with Crippen molar-refractivity contribution in [2.75, 3.05) is 11.9 Å². The second-order valence-electron chi connectivity index (χ2n) is 4.36. The molecule has 0 unspecified atom stereocenters. The maximum Gasteiger partial charge on any atom is 0.263 e. The largest absolute Gasteiger partial charge is 0.483 e. The van der Waals surface area contributed by atoms with E-state index in [4.69, 9.17) is 9.26 Å². The van der Waals surface area contributed by atoms with E-state index in [2.05, 4.69) is 10.5 Å². The monoisotopic (exact) mass is 292 g/mol. The number of halogens is 1. The van der Waals surface area contributed by atoms with E-state index in [-0.39, 0.29) is 29.5 Å². The molecule has 0 saturated heterocycles. The molecule has 2 aromatic rings. The summed E-state index contributed by atoms with van der Waals surface area (Å²) in [6.45, 7) is 2.65. The van der Waals surface area contributed by atoms with Crippen molar-refractivity contribution < 1.29 is 23.2 Å². The minimum Gasteiger partial charge on any atom is -0.483 e. The topological polar surface area (TPSA) is 81.4 Å². The van der Waals surface area contributed by atoms with Crippen molar-refractivity contribution in [2.24, 2.45) is 0 Å². The van der Waals surface area contributed by atoms with E-state index in [0.29, 0.717) is 5.76 Å². The molecular formula is C14H13FN2O4. The molecule has 0 spiro atoms. The zero-order valence-corrected chi connectivity index (χ0v) is 11.5. The molecule has 21 heavy (non-hydrogen) atoms. The van der Waals surface area contributed by atoms with Crippen LogP contribution in [0.5, 0.6) is 5.75 Å². The zero-order chi connectivity index (χ0) is 15.4. The maximum atomic E-state index is 13.1. The predicted octanol–water partition coefficient (Wildman–Crippen LogP) is 2.34. The first-order valence-corrected chi connectivity index (χ1v) is 6.12. The lowest BCUT2D eigenvalue weighted by Crippen LogP contribution is -2.21. The van der Waals surface area contributed by atoms with Crippen molar-refractivity contribution in [3.8, 4) is 5.75 Å². The van der Waals surface area contributed by atoms with Crippen LogP contribution in [0.4, 0.5) is 10.2 Å². The van der Waals surface area contributed by atoms with E-state index in [1.807, 2.05) is 0 Å². The van der Waals surface area contributed by atoms with E-state index in [0.717, 1.165) is 12.1 Å². The lowest BCUT2D eigenvalue weighted by Gasteiger charge is -2.09. The standard InChI is InChI=1S/C14H13FN2O4/c1-8-5-13(17-21-8)16-14(19)7-20-12-4-3-10(15)6-11(12)9(2)18/h3-6H,7H2,1-2H3,(H,16,17,19). The van der Waals surface area contributed by atoms with Crippen LogP contribution in [-0.4, -0.2) is 23.5 Å². The highest BCUT2D eigenvalue weighted by atomic mass is 19.1. The molecule has 0 bridgehead atoms. The first-order chi connectivity index (χ1) is 9.95. The normalized spacial score (nSPS) is 10.2. The molecule has 1 aromatic heterocycles. The average Bonchev–Trinajstić information content (AvgIpc) is 2.82. The van der Waals surface area contributed by atoms with Gasteiger partial charge in [0.1, 0.15) is 17.3 Å². The summed E-state index contributed by atoms with van der Waals surface area (Å²) in [5.41, 5.74) is 0.0834. The van der Waals surface area contributed by atoms with Crippen molar-refractivity contribution in [1.29, 1.82) is 0 Å². The van der Waals surface area contributed by atoms with Gasteiger partial charge in [0.05, 0.1) is 5.56 Å².